The average Bonchev–Trinajstić information content (AvgIpc) is 2.77. The van der Waals surface area contributed by atoms with Crippen LogP contribution >= 0.6 is 0 Å². The maximum atomic E-state index is 10.1. The molecule has 0 fully saturated rings. The van der Waals surface area contributed by atoms with Gasteiger partial charge in [0, 0.05) is 13.1 Å². The van der Waals surface area contributed by atoms with Crippen LogP contribution in [0.25, 0.3) is 0 Å². The molecule has 1 aromatic rings. The topological polar surface area (TPSA) is 63.0 Å². The second-order valence-electron chi connectivity index (χ2n) is 4.43. The van der Waals surface area contributed by atoms with Crippen molar-refractivity contribution in [1.82, 2.24) is 20.1 Å². The Hall–Kier alpha value is -0.940. The molecule has 0 atom stereocenters. The first-order chi connectivity index (χ1) is 8.15. The molecule has 1 aromatic heterocycles. The van der Waals surface area contributed by atoms with Gasteiger partial charge in [-0.15, -0.1) is 0 Å². The van der Waals surface area contributed by atoms with Crippen molar-refractivity contribution < 1.29 is 5.11 Å². The summed E-state index contributed by atoms with van der Waals surface area (Å²) in [4.78, 5) is 4.21. The lowest BCUT2D eigenvalue weighted by atomic mass is 9.98. The summed E-state index contributed by atoms with van der Waals surface area (Å²) >= 11 is 0. The highest BCUT2D eigenvalue weighted by atomic mass is 16.3. The van der Waals surface area contributed by atoms with E-state index in [2.05, 4.69) is 22.3 Å². The van der Waals surface area contributed by atoms with Gasteiger partial charge in [0.1, 0.15) is 12.2 Å². The van der Waals surface area contributed by atoms with E-state index >= 15 is 0 Å². The highest BCUT2D eigenvalue weighted by Gasteiger charge is 2.21. The van der Waals surface area contributed by atoms with Crippen LogP contribution in [-0.2, 0) is 13.1 Å². The van der Waals surface area contributed by atoms with Crippen molar-refractivity contribution in [2.75, 3.05) is 6.54 Å². The Morgan fingerprint density at radius 3 is 2.65 bits per heavy atom. The van der Waals surface area contributed by atoms with E-state index in [1.165, 1.54) is 0 Å². The summed E-state index contributed by atoms with van der Waals surface area (Å²) in [5.41, 5.74) is -0.602. The monoisotopic (exact) mass is 240 g/mol. The van der Waals surface area contributed by atoms with Crippen molar-refractivity contribution >= 4 is 0 Å². The summed E-state index contributed by atoms with van der Waals surface area (Å²) in [6.07, 6.45) is 4.15. The molecule has 1 heterocycles. The van der Waals surface area contributed by atoms with Crippen molar-refractivity contribution in [1.29, 1.82) is 0 Å². The van der Waals surface area contributed by atoms with Crippen LogP contribution in [0.4, 0.5) is 0 Å². The molecular formula is C12H24N4O. The Balaban J connectivity index is 2.42. The first-order valence-electron chi connectivity index (χ1n) is 6.45. The molecule has 0 spiro atoms. The van der Waals surface area contributed by atoms with Gasteiger partial charge in [0.05, 0.1) is 12.1 Å². The zero-order valence-electron chi connectivity index (χ0n) is 11.1. The third-order valence-electron chi connectivity index (χ3n) is 3.18. The number of nitrogens with one attached hydrogen (secondary N) is 1. The van der Waals surface area contributed by atoms with Crippen LogP contribution in [0.3, 0.4) is 0 Å². The Kier molecular flexibility index (Phi) is 5.58. The Bertz CT molecular complexity index is 320. The van der Waals surface area contributed by atoms with Gasteiger partial charge in [-0.3, -0.25) is 0 Å². The normalized spacial score (nSPS) is 12.0. The lowest BCUT2D eigenvalue weighted by Crippen LogP contribution is -2.39. The van der Waals surface area contributed by atoms with Gasteiger partial charge in [0.25, 0.3) is 0 Å². The minimum absolute atomic E-state index is 0.596. The summed E-state index contributed by atoms with van der Waals surface area (Å²) in [5.74, 6) is 0.932. The number of aromatic nitrogens is 3. The van der Waals surface area contributed by atoms with E-state index in [0.29, 0.717) is 13.1 Å². The lowest BCUT2D eigenvalue weighted by molar-refractivity contribution is 0.0320. The highest BCUT2D eigenvalue weighted by molar-refractivity contribution is 4.86. The minimum Gasteiger partial charge on any atom is -0.389 e. The van der Waals surface area contributed by atoms with Crippen LogP contribution in [0, 0.1) is 0 Å². The molecule has 5 nitrogen and oxygen atoms in total. The van der Waals surface area contributed by atoms with Crippen molar-refractivity contribution in [2.24, 2.45) is 0 Å². The standard InChI is InChI=1S/C12H24N4O/c1-4-7-16-11(14-10-15-16)8-13-9-12(17,5-2)6-3/h10,13,17H,4-9H2,1-3H3. The number of rotatable bonds is 8. The Morgan fingerprint density at radius 2 is 2.06 bits per heavy atom. The van der Waals surface area contributed by atoms with Crippen LogP contribution in [0.1, 0.15) is 45.9 Å². The molecule has 2 N–H and O–H groups in total. The number of aryl methyl sites for hydroxylation is 1. The molecule has 0 aromatic carbocycles. The number of hydrogen-bond donors (Lipinski definition) is 2. The van der Waals surface area contributed by atoms with Crippen LogP contribution in [0.2, 0.25) is 0 Å². The molecule has 0 saturated heterocycles. The summed E-state index contributed by atoms with van der Waals surface area (Å²) in [6, 6.07) is 0. The summed E-state index contributed by atoms with van der Waals surface area (Å²) < 4.78 is 1.91. The summed E-state index contributed by atoms with van der Waals surface area (Å²) in [5, 5.41) is 17.5. The first kappa shape index (κ1) is 14.1. The van der Waals surface area contributed by atoms with Crippen LogP contribution in [-0.4, -0.2) is 32.0 Å². The van der Waals surface area contributed by atoms with E-state index in [-0.39, 0.29) is 0 Å². The van der Waals surface area contributed by atoms with Gasteiger partial charge in [-0.2, -0.15) is 5.10 Å². The lowest BCUT2D eigenvalue weighted by Gasteiger charge is -2.25. The van der Waals surface area contributed by atoms with Crippen LogP contribution < -0.4 is 5.32 Å². The van der Waals surface area contributed by atoms with E-state index in [0.717, 1.165) is 31.6 Å². The third kappa shape index (κ3) is 4.09. The van der Waals surface area contributed by atoms with E-state index in [4.69, 9.17) is 0 Å². The molecule has 17 heavy (non-hydrogen) atoms. The van der Waals surface area contributed by atoms with Crippen LogP contribution in [0.5, 0.6) is 0 Å². The smallest absolute Gasteiger partial charge is 0.140 e. The van der Waals surface area contributed by atoms with Crippen molar-refractivity contribution in [3.8, 4) is 0 Å². The second-order valence-corrected chi connectivity index (χ2v) is 4.43. The van der Waals surface area contributed by atoms with Crippen molar-refractivity contribution in [3.05, 3.63) is 12.2 Å². The minimum atomic E-state index is -0.602. The van der Waals surface area contributed by atoms with E-state index in [9.17, 15) is 5.11 Å². The summed E-state index contributed by atoms with van der Waals surface area (Å²) in [6.45, 7) is 8.27. The maximum absolute atomic E-state index is 10.1. The molecule has 1 rings (SSSR count). The van der Waals surface area contributed by atoms with Crippen molar-refractivity contribution in [3.63, 3.8) is 0 Å². The van der Waals surface area contributed by atoms with Gasteiger partial charge in [-0.25, -0.2) is 9.67 Å². The van der Waals surface area contributed by atoms with Gasteiger partial charge in [-0.05, 0) is 19.3 Å². The molecule has 98 valence electrons. The number of aliphatic hydroxyl groups is 1. The first-order valence-corrected chi connectivity index (χ1v) is 6.45. The maximum Gasteiger partial charge on any atom is 0.140 e. The largest absolute Gasteiger partial charge is 0.389 e. The zero-order valence-corrected chi connectivity index (χ0v) is 11.1. The fraction of sp³-hybridized carbons (Fsp3) is 0.833. The SMILES string of the molecule is CCCn1ncnc1CNCC(O)(CC)CC. The molecule has 0 aliphatic heterocycles. The molecule has 0 amide bonds. The predicted molar refractivity (Wildman–Crippen MR) is 67.6 cm³/mol. The average molecular weight is 240 g/mol. The van der Waals surface area contributed by atoms with Gasteiger partial charge >= 0.3 is 0 Å². The molecule has 0 unspecified atom stereocenters. The van der Waals surface area contributed by atoms with Crippen molar-refractivity contribution in [2.45, 2.75) is 58.7 Å². The fourth-order valence-corrected chi connectivity index (χ4v) is 1.73. The Morgan fingerprint density at radius 1 is 1.35 bits per heavy atom. The number of nitrogens with zero attached hydrogens (tertiary/aromatic N) is 3. The number of hydrogen-bond acceptors (Lipinski definition) is 4. The quantitative estimate of drug-likeness (QED) is 0.719. The third-order valence-corrected chi connectivity index (χ3v) is 3.18. The van der Waals surface area contributed by atoms with Gasteiger partial charge in [0.15, 0.2) is 0 Å². The van der Waals surface area contributed by atoms with E-state index in [1.807, 2.05) is 18.5 Å². The highest BCUT2D eigenvalue weighted by Crippen LogP contribution is 2.12. The van der Waals surface area contributed by atoms with E-state index < -0.39 is 5.60 Å². The second kappa shape index (κ2) is 6.71. The van der Waals surface area contributed by atoms with Gasteiger partial charge in [-0.1, -0.05) is 20.8 Å². The van der Waals surface area contributed by atoms with Crippen LogP contribution in [0.15, 0.2) is 6.33 Å². The molecule has 0 aliphatic rings. The fourth-order valence-electron chi connectivity index (χ4n) is 1.73. The molecule has 0 bridgehead atoms. The molecule has 5 heteroatoms. The molecule has 0 saturated carbocycles. The van der Waals surface area contributed by atoms with Gasteiger partial charge in [0.2, 0.25) is 0 Å². The van der Waals surface area contributed by atoms with Gasteiger partial charge < -0.3 is 10.4 Å². The van der Waals surface area contributed by atoms with E-state index in [1.54, 1.807) is 6.33 Å². The Labute approximate surface area is 103 Å². The molecular weight excluding hydrogens is 216 g/mol. The molecule has 0 aliphatic carbocycles. The zero-order chi connectivity index (χ0) is 12.7. The predicted octanol–water partition coefficient (Wildman–Crippen LogP) is 1.33. The summed E-state index contributed by atoms with van der Waals surface area (Å²) in [7, 11) is 0. The molecule has 0 radical (unpaired) electrons.